The van der Waals surface area contributed by atoms with Crippen LogP contribution >= 0.6 is 0 Å². The van der Waals surface area contributed by atoms with E-state index in [4.69, 9.17) is 0 Å². The second kappa shape index (κ2) is 8.98. The molecule has 0 fully saturated rings. The molecule has 174 valence electrons. The molecular formula is C34H29N2+. The maximum absolute atomic E-state index is 2.40. The van der Waals surface area contributed by atoms with E-state index in [1.165, 1.54) is 55.8 Å². The second-order valence-electron chi connectivity index (χ2n) is 9.52. The van der Waals surface area contributed by atoms with Gasteiger partial charge in [-0.2, -0.15) is 4.57 Å². The summed E-state index contributed by atoms with van der Waals surface area (Å²) in [6.45, 7) is 4.36. The van der Waals surface area contributed by atoms with Crippen molar-refractivity contribution in [3.05, 3.63) is 132 Å². The van der Waals surface area contributed by atoms with Crippen LogP contribution in [-0.2, 0) is 7.05 Å². The highest BCUT2D eigenvalue weighted by atomic mass is 15.2. The minimum atomic E-state index is 1.16. The van der Waals surface area contributed by atoms with E-state index in [-0.39, 0.29) is 0 Å². The van der Waals surface area contributed by atoms with E-state index in [0.29, 0.717) is 0 Å². The van der Waals surface area contributed by atoms with Crippen LogP contribution in [0.4, 0.5) is 0 Å². The van der Waals surface area contributed by atoms with Crippen molar-refractivity contribution in [1.29, 1.82) is 0 Å². The van der Waals surface area contributed by atoms with Gasteiger partial charge >= 0.3 is 0 Å². The fraction of sp³-hybridized carbons (Fsp3) is 0.0882. The maximum atomic E-state index is 2.40. The van der Waals surface area contributed by atoms with E-state index in [1.807, 2.05) is 0 Å². The molecule has 0 saturated heterocycles. The van der Waals surface area contributed by atoms with Crippen LogP contribution in [0.1, 0.15) is 11.1 Å². The molecule has 0 aliphatic rings. The number of rotatable bonds is 4. The summed E-state index contributed by atoms with van der Waals surface area (Å²) in [5.41, 5.74) is 12.2. The van der Waals surface area contributed by atoms with Gasteiger partial charge in [-0.1, -0.05) is 91.0 Å². The van der Waals surface area contributed by atoms with Gasteiger partial charge in [0.05, 0.1) is 12.6 Å². The van der Waals surface area contributed by atoms with Crippen LogP contribution in [0.15, 0.2) is 121 Å². The minimum Gasteiger partial charge on any atom is -0.225 e. The Kier molecular flexibility index (Phi) is 5.50. The lowest BCUT2D eigenvalue weighted by Gasteiger charge is -2.10. The molecule has 2 nitrogen and oxygen atoms in total. The van der Waals surface area contributed by atoms with Gasteiger partial charge in [0.1, 0.15) is 5.69 Å². The quantitative estimate of drug-likeness (QED) is 0.233. The summed E-state index contributed by atoms with van der Waals surface area (Å²) in [5, 5.41) is 0. The van der Waals surface area contributed by atoms with Gasteiger partial charge in [0.2, 0.25) is 0 Å². The van der Waals surface area contributed by atoms with Crippen molar-refractivity contribution in [1.82, 2.24) is 4.57 Å². The first-order chi connectivity index (χ1) is 17.6. The van der Waals surface area contributed by atoms with Gasteiger partial charge in [-0.05, 0) is 77.6 Å². The van der Waals surface area contributed by atoms with Gasteiger partial charge < -0.3 is 0 Å². The number of benzene rings is 5. The molecule has 0 amide bonds. The molecule has 0 aliphatic heterocycles. The Labute approximate surface area is 212 Å². The fourth-order valence-electron chi connectivity index (χ4n) is 5.14. The molecule has 0 N–H and O–H groups in total. The zero-order valence-electron chi connectivity index (χ0n) is 20.9. The third-order valence-electron chi connectivity index (χ3n) is 7.08. The van der Waals surface area contributed by atoms with Crippen molar-refractivity contribution in [2.45, 2.75) is 13.8 Å². The number of hydrogen-bond donors (Lipinski definition) is 0. The maximum Gasteiger partial charge on any atom is 0.295 e. The Balaban J connectivity index is 1.59. The molecule has 6 aromatic rings. The monoisotopic (exact) mass is 465 g/mol. The summed E-state index contributed by atoms with van der Waals surface area (Å²) in [6.07, 6.45) is 0. The number of hydrogen-bond acceptors (Lipinski definition) is 0. The summed E-state index contributed by atoms with van der Waals surface area (Å²) in [5.74, 6) is 1.18. The van der Waals surface area contributed by atoms with Crippen molar-refractivity contribution in [2.75, 3.05) is 0 Å². The molecular weight excluding hydrogens is 436 g/mol. The van der Waals surface area contributed by atoms with Crippen LogP contribution in [0.25, 0.3) is 50.4 Å². The van der Waals surface area contributed by atoms with E-state index in [0.717, 1.165) is 5.69 Å². The lowest BCUT2D eigenvalue weighted by atomic mass is 9.99. The number of aryl methyl sites for hydroxylation is 3. The minimum absolute atomic E-state index is 1.16. The second-order valence-corrected chi connectivity index (χ2v) is 9.52. The average molecular weight is 466 g/mol. The van der Waals surface area contributed by atoms with Crippen molar-refractivity contribution < 1.29 is 4.57 Å². The number of nitrogens with zero attached hydrogens (tertiary/aromatic N) is 2. The Morgan fingerprint density at radius 3 is 1.81 bits per heavy atom. The largest absolute Gasteiger partial charge is 0.295 e. The first kappa shape index (κ1) is 22.1. The third kappa shape index (κ3) is 3.81. The summed E-state index contributed by atoms with van der Waals surface area (Å²) in [7, 11) is 2.18. The molecule has 6 rings (SSSR count). The molecule has 1 heterocycles. The zero-order valence-corrected chi connectivity index (χ0v) is 20.9. The van der Waals surface area contributed by atoms with Gasteiger partial charge in [0, 0.05) is 0 Å². The molecule has 1 aromatic heterocycles. The molecule has 0 unspecified atom stereocenters. The first-order valence-corrected chi connectivity index (χ1v) is 12.4. The fourth-order valence-corrected chi connectivity index (χ4v) is 5.14. The lowest BCUT2D eigenvalue weighted by Crippen LogP contribution is -2.30. The molecule has 0 saturated carbocycles. The SMILES string of the molecule is Cc1ccc2c(c1)[n+](C)c(-c1cc(-c3ccccc3)ccc1C)n2-c1ccc(-c2ccccc2)cc1. The highest BCUT2D eigenvalue weighted by Crippen LogP contribution is 2.33. The van der Waals surface area contributed by atoms with Crippen molar-refractivity contribution in [2.24, 2.45) is 7.05 Å². The highest BCUT2D eigenvalue weighted by molar-refractivity contribution is 5.82. The molecule has 0 bridgehead atoms. The molecule has 0 spiro atoms. The predicted octanol–water partition coefficient (Wildman–Crippen LogP) is 8.07. The van der Waals surface area contributed by atoms with Crippen molar-refractivity contribution in [3.63, 3.8) is 0 Å². The number of aromatic nitrogens is 2. The van der Waals surface area contributed by atoms with E-state index >= 15 is 0 Å². The van der Waals surface area contributed by atoms with Crippen LogP contribution < -0.4 is 4.57 Å². The molecule has 36 heavy (non-hydrogen) atoms. The van der Waals surface area contributed by atoms with E-state index in [9.17, 15) is 0 Å². The first-order valence-electron chi connectivity index (χ1n) is 12.4. The van der Waals surface area contributed by atoms with Gasteiger partial charge in [0.15, 0.2) is 11.0 Å². The van der Waals surface area contributed by atoms with Gasteiger partial charge in [-0.25, -0.2) is 4.57 Å². The number of fused-ring (bicyclic) bond motifs is 1. The summed E-state index contributed by atoms with van der Waals surface area (Å²) in [4.78, 5) is 0. The Bertz CT molecular complexity index is 1680. The topological polar surface area (TPSA) is 8.81 Å². The van der Waals surface area contributed by atoms with Gasteiger partial charge in [-0.15, -0.1) is 0 Å². The normalized spacial score (nSPS) is 11.2. The average Bonchev–Trinajstić information content (AvgIpc) is 3.21. The molecule has 0 aliphatic carbocycles. The van der Waals surface area contributed by atoms with Crippen LogP contribution in [0, 0.1) is 13.8 Å². The smallest absolute Gasteiger partial charge is 0.225 e. The van der Waals surface area contributed by atoms with Crippen LogP contribution in [0.2, 0.25) is 0 Å². The molecule has 2 heteroatoms. The summed E-state index contributed by atoms with van der Waals surface area (Å²) >= 11 is 0. The van der Waals surface area contributed by atoms with Crippen LogP contribution in [0.3, 0.4) is 0 Å². The van der Waals surface area contributed by atoms with Crippen LogP contribution in [-0.4, -0.2) is 4.57 Å². The zero-order chi connectivity index (χ0) is 24.6. The van der Waals surface area contributed by atoms with Gasteiger partial charge in [-0.3, -0.25) is 0 Å². The number of imidazole rings is 1. The Morgan fingerprint density at radius 1 is 0.556 bits per heavy atom. The third-order valence-corrected chi connectivity index (χ3v) is 7.08. The lowest BCUT2D eigenvalue weighted by molar-refractivity contribution is -0.633. The molecule has 5 aromatic carbocycles. The van der Waals surface area contributed by atoms with Gasteiger partial charge in [0.25, 0.3) is 5.82 Å². The van der Waals surface area contributed by atoms with Crippen molar-refractivity contribution >= 4 is 11.0 Å². The molecule has 0 radical (unpaired) electrons. The Morgan fingerprint density at radius 2 is 1.14 bits per heavy atom. The predicted molar refractivity (Wildman–Crippen MR) is 150 cm³/mol. The summed E-state index contributed by atoms with van der Waals surface area (Å²) in [6, 6.07) is 43.6. The van der Waals surface area contributed by atoms with Crippen molar-refractivity contribution in [3.8, 4) is 39.3 Å². The van der Waals surface area contributed by atoms with E-state index in [2.05, 4.69) is 151 Å². The van der Waals surface area contributed by atoms with E-state index in [1.54, 1.807) is 0 Å². The Hall–Kier alpha value is -4.43. The van der Waals surface area contributed by atoms with Crippen LogP contribution in [0.5, 0.6) is 0 Å². The highest BCUT2D eigenvalue weighted by Gasteiger charge is 2.27. The molecule has 0 atom stereocenters. The standard InChI is InChI=1S/C34H29N2/c1-24-14-21-32-33(22-24)35(3)34(31-23-29(16-15-25(31)2)27-12-8-5-9-13-27)36(32)30-19-17-28(18-20-30)26-10-6-4-7-11-26/h4-23H,1-3H3/q+1. The summed E-state index contributed by atoms with van der Waals surface area (Å²) < 4.78 is 4.74. The van der Waals surface area contributed by atoms with E-state index < -0.39 is 0 Å².